The second kappa shape index (κ2) is 8.92. The van der Waals surface area contributed by atoms with Crippen LogP contribution in [0.4, 0.5) is 5.82 Å². The van der Waals surface area contributed by atoms with Crippen LogP contribution in [0.1, 0.15) is 24.4 Å². The summed E-state index contributed by atoms with van der Waals surface area (Å²) >= 11 is 0. The van der Waals surface area contributed by atoms with E-state index in [0.29, 0.717) is 17.3 Å². The van der Waals surface area contributed by atoms with Crippen molar-refractivity contribution >= 4 is 16.7 Å². The van der Waals surface area contributed by atoms with Crippen LogP contribution in [0.25, 0.3) is 10.9 Å². The number of nitrogens with zero attached hydrogens (tertiary/aromatic N) is 2. The minimum atomic E-state index is -0.00933. The van der Waals surface area contributed by atoms with Gasteiger partial charge in [0.25, 0.3) is 0 Å². The van der Waals surface area contributed by atoms with Gasteiger partial charge in [-0.15, -0.1) is 0 Å². The van der Waals surface area contributed by atoms with Crippen LogP contribution >= 0.6 is 0 Å². The number of anilines is 1. The molecule has 1 heterocycles. The Morgan fingerprint density at radius 2 is 1.52 bits per heavy atom. The molecule has 158 valence electrons. The molecule has 1 atom stereocenters. The number of ether oxygens (including phenoxy) is 3. The fourth-order valence-electron chi connectivity index (χ4n) is 3.44. The summed E-state index contributed by atoms with van der Waals surface area (Å²) in [5.41, 5.74) is 1.87. The van der Waals surface area contributed by atoms with Crippen molar-refractivity contribution in [3.63, 3.8) is 0 Å². The molecule has 0 amide bonds. The summed E-state index contributed by atoms with van der Waals surface area (Å²) in [6.45, 7) is 3.96. The average Bonchev–Trinajstić information content (AvgIpc) is 2.79. The van der Waals surface area contributed by atoms with Gasteiger partial charge in [-0.2, -0.15) is 0 Å². The molecule has 1 unspecified atom stereocenters. The zero-order valence-electron chi connectivity index (χ0n) is 18.0. The number of benzene rings is 3. The van der Waals surface area contributed by atoms with Crippen LogP contribution in [0.5, 0.6) is 23.0 Å². The van der Waals surface area contributed by atoms with Gasteiger partial charge in [0.05, 0.1) is 25.8 Å². The highest BCUT2D eigenvalue weighted by atomic mass is 16.5. The molecule has 0 aliphatic carbocycles. The summed E-state index contributed by atoms with van der Waals surface area (Å²) in [6.07, 6.45) is 0. The van der Waals surface area contributed by atoms with Crippen LogP contribution in [0.15, 0.2) is 66.7 Å². The van der Waals surface area contributed by atoms with Crippen LogP contribution in [-0.4, -0.2) is 24.2 Å². The summed E-state index contributed by atoms with van der Waals surface area (Å²) < 4.78 is 16.9. The van der Waals surface area contributed by atoms with Crippen LogP contribution in [-0.2, 0) is 0 Å². The molecule has 6 nitrogen and oxygen atoms in total. The lowest BCUT2D eigenvalue weighted by molar-refractivity contribution is 0.356. The number of fused-ring (bicyclic) bond motifs is 1. The first-order chi connectivity index (χ1) is 15.1. The molecule has 0 aliphatic rings. The minimum Gasteiger partial charge on any atom is -0.493 e. The Bertz CT molecular complexity index is 1200. The van der Waals surface area contributed by atoms with Gasteiger partial charge >= 0.3 is 0 Å². The smallest absolute Gasteiger partial charge is 0.162 e. The summed E-state index contributed by atoms with van der Waals surface area (Å²) in [5, 5.41) is 4.39. The van der Waals surface area contributed by atoms with E-state index in [2.05, 4.69) is 28.3 Å². The molecule has 4 rings (SSSR count). The lowest BCUT2D eigenvalue weighted by Gasteiger charge is -2.18. The maximum atomic E-state index is 5.98. The first-order valence-electron chi connectivity index (χ1n) is 10.1. The van der Waals surface area contributed by atoms with E-state index in [1.807, 2.05) is 67.6 Å². The predicted octanol–water partition coefficient (Wildman–Crippen LogP) is 5.92. The Balaban J connectivity index is 1.64. The van der Waals surface area contributed by atoms with Crippen molar-refractivity contribution in [2.75, 3.05) is 19.5 Å². The maximum absolute atomic E-state index is 5.98. The van der Waals surface area contributed by atoms with E-state index in [0.717, 1.165) is 33.8 Å². The lowest BCUT2D eigenvalue weighted by Crippen LogP contribution is -2.10. The first kappa shape index (κ1) is 20.5. The van der Waals surface area contributed by atoms with E-state index < -0.39 is 0 Å². The zero-order chi connectivity index (χ0) is 21.8. The molecule has 0 saturated heterocycles. The fourth-order valence-corrected chi connectivity index (χ4v) is 3.44. The number of para-hydroxylation sites is 1. The van der Waals surface area contributed by atoms with Crippen molar-refractivity contribution in [3.8, 4) is 23.0 Å². The molecule has 1 N–H and O–H groups in total. The number of methoxy groups -OCH3 is 2. The largest absolute Gasteiger partial charge is 0.493 e. The molecule has 0 saturated carbocycles. The Hall–Kier alpha value is -3.80. The second-order valence-corrected chi connectivity index (χ2v) is 7.20. The van der Waals surface area contributed by atoms with E-state index >= 15 is 0 Å². The van der Waals surface area contributed by atoms with Crippen molar-refractivity contribution in [1.82, 2.24) is 9.97 Å². The summed E-state index contributed by atoms with van der Waals surface area (Å²) in [4.78, 5) is 9.19. The van der Waals surface area contributed by atoms with Gasteiger partial charge in [-0.3, -0.25) is 0 Å². The van der Waals surface area contributed by atoms with E-state index in [9.17, 15) is 0 Å². The van der Waals surface area contributed by atoms with Crippen LogP contribution < -0.4 is 19.5 Å². The number of aryl methyl sites for hydroxylation is 1. The minimum absolute atomic E-state index is 0.00933. The van der Waals surface area contributed by atoms with E-state index in [1.54, 1.807) is 14.2 Å². The van der Waals surface area contributed by atoms with Gasteiger partial charge in [-0.25, -0.2) is 9.97 Å². The summed E-state index contributed by atoms with van der Waals surface area (Å²) in [6, 6.07) is 21.5. The van der Waals surface area contributed by atoms with Crippen LogP contribution in [0.3, 0.4) is 0 Å². The molecular weight excluding hydrogens is 390 g/mol. The van der Waals surface area contributed by atoms with Crippen molar-refractivity contribution in [3.05, 3.63) is 78.1 Å². The quantitative estimate of drug-likeness (QED) is 0.404. The summed E-state index contributed by atoms with van der Waals surface area (Å²) in [5.74, 6) is 4.28. The molecule has 0 radical (unpaired) electrons. The number of hydrogen-bond donors (Lipinski definition) is 1. The Labute approximate surface area is 181 Å². The first-order valence-corrected chi connectivity index (χ1v) is 10.1. The van der Waals surface area contributed by atoms with Gasteiger partial charge in [-0.05, 0) is 49.7 Å². The van der Waals surface area contributed by atoms with E-state index in [1.165, 1.54) is 0 Å². The Kier molecular flexibility index (Phi) is 5.89. The van der Waals surface area contributed by atoms with Gasteiger partial charge in [0.2, 0.25) is 0 Å². The highest BCUT2D eigenvalue weighted by Gasteiger charge is 2.15. The van der Waals surface area contributed by atoms with Gasteiger partial charge < -0.3 is 19.5 Å². The molecule has 4 aromatic rings. The molecule has 0 fully saturated rings. The molecule has 1 aromatic heterocycles. The van der Waals surface area contributed by atoms with Crippen molar-refractivity contribution < 1.29 is 14.2 Å². The standard InChI is InChI=1S/C25H25N3O3/c1-16(18-9-8-12-20(13-18)31-19-10-6-5-7-11-19)26-25-21-14-23(29-3)24(30-4)15-22(21)27-17(2)28-25/h5-16H,1-4H3,(H,26,27,28). The number of nitrogens with one attached hydrogen (secondary N) is 1. The average molecular weight is 415 g/mol. The number of rotatable bonds is 7. The van der Waals surface area contributed by atoms with Gasteiger partial charge in [0.15, 0.2) is 11.5 Å². The third-order valence-corrected chi connectivity index (χ3v) is 5.00. The molecule has 0 aliphatic heterocycles. The van der Waals surface area contributed by atoms with Gasteiger partial charge in [0.1, 0.15) is 23.1 Å². The van der Waals surface area contributed by atoms with Crippen LogP contribution in [0, 0.1) is 6.92 Å². The van der Waals surface area contributed by atoms with E-state index in [-0.39, 0.29) is 6.04 Å². The predicted molar refractivity (Wildman–Crippen MR) is 122 cm³/mol. The SMILES string of the molecule is COc1cc2nc(C)nc(NC(C)c3cccc(Oc4ccccc4)c3)c2cc1OC. The highest BCUT2D eigenvalue weighted by Crippen LogP contribution is 2.35. The molecule has 0 bridgehead atoms. The third-order valence-electron chi connectivity index (χ3n) is 5.00. The molecule has 3 aromatic carbocycles. The van der Waals surface area contributed by atoms with Crippen molar-refractivity contribution in [2.45, 2.75) is 19.9 Å². The van der Waals surface area contributed by atoms with E-state index in [4.69, 9.17) is 14.2 Å². The molecule has 31 heavy (non-hydrogen) atoms. The van der Waals surface area contributed by atoms with Crippen molar-refractivity contribution in [2.24, 2.45) is 0 Å². The molecule has 0 spiro atoms. The van der Waals surface area contributed by atoms with Crippen LogP contribution in [0.2, 0.25) is 0 Å². The number of hydrogen-bond acceptors (Lipinski definition) is 6. The highest BCUT2D eigenvalue weighted by molar-refractivity contribution is 5.92. The third kappa shape index (κ3) is 4.53. The lowest BCUT2D eigenvalue weighted by atomic mass is 10.1. The van der Waals surface area contributed by atoms with Crippen molar-refractivity contribution in [1.29, 1.82) is 0 Å². The fraction of sp³-hybridized carbons (Fsp3) is 0.200. The number of aromatic nitrogens is 2. The molecular formula is C25H25N3O3. The second-order valence-electron chi connectivity index (χ2n) is 7.20. The maximum Gasteiger partial charge on any atom is 0.162 e. The molecule has 6 heteroatoms. The topological polar surface area (TPSA) is 65.5 Å². The zero-order valence-corrected chi connectivity index (χ0v) is 18.0. The monoisotopic (exact) mass is 415 g/mol. The normalized spacial score (nSPS) is 11.7. The van der Waals surface area contributed by atoms with Gasteiger partial charge in [0, 0.05) is 11.5 Å². The Morgan fingerprint density at radius 1 is 0.806 bits per heavy atom. The Morgan fingerprint density at radius 3 is 2.26 bits per heavy atom. The summed E-state index contributed by atoms with van der Waals surface area (Å²) in [7, 11) is 3.23. The van der Waals surface area contributed by atoms with Gasteiger partial charge in [-0.1, -0.05) is 30.3 Å².